The monoisotopic (exact) mass is 226 g/mol. The molecule has 0 saturated heterocycles. The van der Waals surface area contributed by atoms with Crippen molar-refractivity contribution in [2.75, 3.05) is 5.32 Å². The molecule has 0 aliphatic heterocycles. The summed E-state index contributed by atoms with van der Waals surface area (Å²) < 4.78 is 0. The fourth-order valence-corrected chi connectivity index (χ4v) is 1.32. The Hall–Kier alpha value is -1.89. The van der Waals surface area contributed by atoms with Crippen LogP contribution in [0.2, 0.25) is 0 Å². The third-order valence-electron chi connectivity index (χ3n) is 1.30. The lowest BCUT2D eigenvalue weighted by Gasteiger charge is -1.99. The number of amides is 1. The smallest absolute Gasteiger partial charge is 0.383 e. The molecule has 1 rings (SSSR count). The highest BCUT2D eigenvalue weighted by molar-refractivity contribution is 8.15. The van der Waals surface area contributed by atoms with E-state index in [4.69, 9.17) is 5.11 Å². The van der Waals surface area contributed by atoms with Gasteiger partial charge in [0.1, 0.15) is 10.8 Å². The first-order valence-electron chi connectivity index (χ1n) is 3.76. The van der Waals surface area contributed by atoms with Gasteiger partial charge in [-0.1, -0.05) is 6.07 Å². The van der Waals surface area contributed by atoms with Crippen LogP contribution in [0.1, 0.15) is 0 Å². The lowest BCUT2D eigenvalue weighted by molar-refractivity contribution is -0.144. The van der Waals surface area contributed by atoms with Gasteiger partial charge in [0.2, 0.25) is 6.41 Å². The molecular weight excluding hydrogens is 220 g/mol. The SMILES string of the molecule is O=CNc1cccc(SC(=O)C(=O)O)n1. The van der Waals surface area contributed by atoms with E-state index in [0.717, 1.165) is 0 Å². The van der Waals surface area contributed by atoms with Gasteiger partial charge >= 0.3 is 11.1 Å². The zero-order valence-electron chi connectivity index (χ0n) is 7.34. The Morgan fingerprint density at radius 1 is 1.47 bits per heavy atom. The molecule has 0 aromatic carbocycles. The van der Waals surface area contributed by atoms with E-state index in [2.05, 4.69) is 10.3 Å². The second-order valence-corrected chi connectivity index (χ2v) is 3.31. The number of hydrogen-bond acceptors (Lipinski definition) is 5. The molecule has 0 fully saturated rings. The van der Waals surface area contributed by atoms with E-state index in [0.29, 0.717) is 18.2 Å². The normalized spacial score (nSPS) is 9.33. The van der Waals surface area contributed by atoms with Gasteiger partial charge in [0.05, 0.1) is 0 Å². The highest BCUT2D eigenvalue weighted by Crippen LogP contribution is 2.17. The van der Waals surface area contributed by atoms with Gasteiger partial charge in [-0.25, -0.2) is 9.78 Å². The number of rotatable bonds is 3. The second kappa shape index (κ2) is 5.11. The van der Waals surface area contributed by atoms with E-state index in [1.54, 1.807) is 6.07 Å². The molecule has 0 spiro atoms. The molecule has 6 nitrogen and oxygen atoms in total. The summed E-state index contributed by atoms with van der Waals surface area (Å²) >= 11 is 0.486. The Bertz CT molecular complexity index is 407. The topological polar surface area (TPSA) is 96.4 Å². The van der Waals surface area contributed by atoms with Crippen molar-refractivity contribution in [2.24, 2.45) is 0 Å². The van der Waals surface area contributed by atoms with Crippen molar-refractivity contribution in [3.8, 4) is 0 Å². The van der Waals surface area contributed by atoms with Crippen molar-refractivity contribution < 1.29 is 19.5 Å². The predicted molar refractivity (Wildman–Crippen MR) is 52.4 cm³/mol. The Morgan fingerprint density at radius 3 is 2.80 bits per heavy atom. The van der Waals surface area contributed by atoms with Crippen molar-refractivity contribution in [3.05, 3.63) is 18.2 Å². The number of nitrogens with one attached hydrogen (secondary N) is 1. The van der Waals surface area contributed by atoms with Crippen LogP contribution in [0.5, 0.6) is 0 Å². The van der Waals surface area contributed by atoms with E-state index in [1.165, 1.54) is 12.1 Å². The molecule has 0 atom stereocenters. The van der Waals surface area contributed by atoms with E-state index >= 15 is 0 Å². The third-order valence-corrected chi connectivity index (χ3v) is 2.10. The van der Waals surface area contributed by atoms with Gasteiger partial charge in [0, 0.05) is 0 Å². The summed E-state index contributed by atoms with van der Waals surface area (Å²) in [5, 5.41) is 9.83. The van der Waals surface area contributed by atoms with Crippen LogP contribution in [0.4, 0.5) is 5.82 Å². The van der Waals surface area contributed by atoms with E-state index < -0.39 is 11.1 Å². The fraction of sp³-hybridized carbons (Fsp3) is 0. The van der Waals surface area contributed by atoms with Crippen LogP contribution in [0.25, 0.3) is 0 Å². The van der Waals surface area contributed by atoms with Gasteiger partial charge < -0.3 is 10.4 Å². The maximum absolute atomic E-state index is 10.8. The maximum atomic E-state index is 10.8. The first-order valence-corrected chi connectivity index (χ1v) is 4.57. The molecule has 1 aromatic rings. The average molecular weight is 226 g/mol. The number of aliphatic carboxylic acids is 1. The number of carboxylic acids is 1. The second-order valence-electron chi connectivity index (χ2n) is 2.32. The Kier molecular flexibility index (Phi) is 3.81. The van der Waals surface area contributed by atoms with Crippen molar-refractivity contribution in [3.63, 3.8) is 0 Å². The van der Waals surface area contributed by atoms with Crippen molar-refractivity contribution >= 4 is 35.1 Å². The highest BCUT2D eigenvalue weighted by atomic mass is 32.2. The van der Waals surface area contributed by atoms with Crippen LogP contribution in [0, 0.1) is 0 Å². The zero-order valence-corrected chi connectivity index (χ0v) is 8.15. The largest absolute Gasteiger partial charge is 0.475 e. The van der Waals surface area contributed by atoms with E-state index in [1.807, 2.05) is 0 Å². The van der Waals surface area contributed by atoms with Crippen LogP contribution in [-0.4, -0.2) is 27.6 Å². The first-order chi connectivity index (χ1) is 7.13. The number of carboxylic acid groups (broad SMARTS) is 1. The predicted octanol–water partition coefficient (Wildman–Crippen LogP) is 0.353. The van der Waals surface area contributed by atoms with Crippen molar-refractivity contribution in [1.29, 1.82) is 0 Å². The summed E-state index contributed by atoms with van der Waals surface area (Å²) in [5.41, 5.74) is 0. The van der Waals surface area contributed by atoms with Crippen LogP contribution in [-0.2, 0) is 14.4 Å². The molecule has 0 unspecified atom stereocenters. The molecular formula is C8H6N2O4S. The van der Waals surface area contributed by atoms with E-state index in [9.17, 15) is 14.4 Å². The Balaban J connectivity index is 2.77. The third kappa shape index (κ3) is 3.39. The molecule has 0 radical (unpaired) electrons. The van der Waals surface area contributed by atoms with Gasteiger partial charge in [-0.05, 0) is 23.9 Å². The zero-order chi connectivity index (χ0) is 11.3. The summed E-state index contributed by atoms with van der Waals surface area (Å²) in [7, 11) is 0. The molecule has 2 N–H and O–H groups in total. The molecule has 1 aromatic heterocycles. The number of thioether (sulfide) groups is 1. The van der Waals surface area contributed by atoms with Crippen LogP contribution in [0.15, 0.2) is 23.2 Å². The summed E-state index contributed by atoms with van der Waals surface area (Å²) in [5.74, 6) is -1.27. The molecule has 1 heterocycles. The number of hydrogen-bond donors (Lipinski definition) is 2. The molecule has 0 aliphatic rings. The lowest BCUT2D eigenvalue weighted by Crippen LogP contribution is -2.08. The molecule has 7 heteroatoms. The number of carbonyl (C=O) groups is 3. The summed E-state index contributed by atoms with van der Waals surface area (Å²) in [6.07, 6.45) is 0.440. The quantitative estimate of drug-likeness (QED) is 0.438. The summed E-state index contributed by atoms with van der Waals surface area (Å²) in [6, 6.07) is 4.54. The van der Waals surface area contributed by atoms with Crippen molar-refractivity contribution in [1.82, 2.24) is 4.98 Å². The van der Waals surface area contributed by atoms with Gasteiger partial charge in [0.15, 0.2) is 0 Å². The number of aromatic nitrogens is 1. The van der Waals surface area contributed by atoms with Crippen LogP contribution < -0.4 is 5.32 Å². The Labute approximate surface area is 88.7 Å². The minimum atomic E-state index is -1.53. The average Bonchev–Trinajstić information content (AvgIpc) is 2.18. The van der Waals surface area contributed by atoms with E-state index in [-0.39, 0.29) is 10.8 Å². The minimum absolute atomic E-state index is 0.217. The summed E-state index contributed by atoms with van der Waals surface area (Å²) in [6.45, 7) is 0. The molecule has 0 saturated carbocycles. The van der Waals surface area contributed by atoms with Gasteiger partial charge in [-0.15, -0.1) is 0 Å². The number of nitrogens with zero attached hydrogens (tertiary/aromatic N) is 1. The molecule has 1 amide bonds. The highest BCUT2D eigenvalue weighted by Gasteiger charge is 2.14. The van der Waals surface area contributed by atoms with Gasteiger partial charge in [-0.2, -0.15) is 0 Å². The number of anilines is 1. The number of pyridine rings is 1. The van der Waals surface area contributed by atoms with Gasteiger partial charge in [-0.3, -0.25) is 9.59 Å². The standard InChI is InChI=1S/C8H6N2O4S/c11-4-9-5-2-1-3-6(10-5)15-8(14)7(12)13/h1-4H,(H,12,13)(H,9,10,11). The van der Waals surface area contributed by atoms with Crippen LogP contribution in [0.3, 0.4) is 0 Å². The molecule has 15 heavy (non-hydrogen) atoms. The molecule has 78 valence electrons. The van der Waals surface area contributed by atoms with Gasteiger partial charge in [0.25, 0.3) is 0 Å². The number of carbonyl (C=O) groups excluding carboxylic acids is 2. The molecule has 0 bridgehead atoms. The summed E-state index contributed by atoms with van der Waals surface area (Å²) in [4.78, 5) is 35.0. The Morgan fingerprint density at radius 2 is 2.20 bits per heavy atom. The first kappa shape index (κ1) is 11.2. The minimum Gasteiger partial charge on any atom is -0.475 e. The van der Waals surface area contributed by atoms with Crippen molar-refractivity contribution in [2.45, 2.75) is 5.03 Å². The van der Waals surface area contributed by atoms with Crippen LogP contribution >= 0.6 is 11.8 Å². The fourth-order valence-electron chi connectivity index (χ4n) is 0.751. The molecule has 0 aliphatic carbocycles. The maximum Gasteiger partial charge on any atom is 0.383 e. The lowest BCUT2D eigenvalue weighted by atomic mass is 10.5.